The fraction of sp³-hybridized carbons (Fsp3) is 0.516. The van der Waals surface area contributed by atoms with E-state index < -0.39 is 35.1 Å². The molecule has 3 heterocycles. The lowest BCUT2D eigenvalue weighted by atomic mass is 9.66. The summed E-state index contributed by atoms with van der Waals surface area (Å²) < 4.78 is 12.2. The third-order valence-corrected chi connectivity index (χ3v) is 8.90. The number of amides is 3. The van der Waals surface area contributed by atoms with Crippen LogP contribution in [0.1, 0.15) is 51.2 Å². The zero-order valence-electron chi connectivity index (χ0n) is 23.8. The average Bonchev–Trinajstić information content (AvgIpc) is 3.49. The molecular formula is C31H39N3O6. The van der Waals surface area contributed by atoms with Crippen molar-refractivity contribution < 1.29 is 29.0 Å². The van der Waals surface area contributed by atoms with Gasteiger partial charge in [-0.2, -0.15) is 0 Å². The van der Waals surface area contributed by atoms with Crippen LogP contribution in [-0.2, 0) is 19.1 Å². The van der Waals surface area contributed by atoms with Gasteiger partial charge in [-0.15, -0.1) is 0 Å². The Morgan fingerprint density at radius 2 is 1.82 bits per heavy atom. The van der Waals surface area contributed by atoms with Gasteiger partial charge in [-0.25, -0.2) is 0 Å². The molecule has 1 spiro atoms. The van der Waals surface area contributed by atoms with Crippen LogP contribution < -0.4 is 15.4 Å². The number of likely N-dealkylation sites (tertiary alicyclic amines) is 1. The number of nitrogens with one attached hydrogen (secondary N) is 2. The van der Waals surface area contributed by atoms with E-state index in [1.54, 1.807) is 24.3 Å². The lowest BCUT2D eigenvalue weighted by molar-refractivity contribution is -0.146. The predicted octanol–water partition coefficient (Wildman–Crippen LogP) is 3.81. The van der Waals surface area contributed by atoms with Crippen molar-refractivity contribution in [1.29, 1.82) is 0 Å². The van der Waals surface area contributed by atoms with Gasteiger partial charge in [-0.3, -0.25) is 14.4 Å². The first kappa shape index (κ1) is 28.1. The van der Waals surface area contributed by atoms with E-state index in [1.807, 2.05) is 52.8 Å². The zero-order chi connectivity index (χ0) is 28.8. The number of carbonyl (C=O) groups excluding carboxylic acids is 3. The molecule has 3 amide bonds. The molecule has 3 N–H and O–H groups in total. The quantitative estimate of drug-likeness (QED) is 0.438. The maximum atomic E-state index is 14.2. The number of nitrogens with zero attached hydrogens (tertiary/aromatic N) is 1. The Morgan fingerprint density at radius 1 is 1.10 bits per heavy atom. The van der Waals surface area contributed by atoms with Gasteiger partial charge in [0.15, 0.2) is 0 Å². The smallest absolute Gasteiger partial charge is 0.250 e. The Bertz CT molecular complexity index is 1310. The highest BCUT2D eigenvalue weighted by atomic mass is 16.5. The van der Waals surface area contributed by atoms with Crippen molar-refractivity contribution in [3.63, 3.8) is 0 Å². The highest BCUT2D eigenvalue weighted by molar-refractivity contribution is 6.05. The molecule has 6 atom stereocenters. The summed E-state index contributed by atoms with van der Waals surface area (Å²) in [5.74, 6) is -1.95. The molecule has 3 fully saturated rings. The van der Waals surface area contributed by atoms with Gasteiger partial charge in [0.2, 0.25) is 17.7 Å². The van der Waals surface area contributed by atoms with Crippen LogP contribution in [0, 0.1) is 25.7 Å². The molecule has 40 heavy (non-hydrogen) atoms. The Balaban J connectivity index is 1.50. The van der Waals surface area contributed by atoms with E-state index in [0.29, 0.717) is 43.0 Å². The minimum Gasteiger partial charge on any atom is -0.494 e. The van der Waals surface area contributed by atoms with Crippen molar-refractivity contribution in [2.75, 3.05) is 23.8 Å². The standard InChI is InChI=1S/C31H39N3O6/c1-6-21(17-35)34-26(28(37)33-23-16-18(3)8-9-19(23)4)31-15-14-30(5,40-31)24(25(31)29(34)38)27(36)32-20-10-12-22(13-11-20)39-7-2/h8-13,16,21,24-26,35H,6-7,14-15,17H2,1-5H3,(H,32,36)(H,33,37)/t21-,24+,25-,26?,30-,31?/m0/s1. The van der Waals surface area contributed by atoms with Crippen LogP contribution in [0.2, 0.25) is 0 Å². The Hall–Kier alpha value is -3.43. The van der Waals surface area contributed by atoms with Gasteiger partial charge in [0.1, 0.15) is 17.4 Å². The number of rotatable bonds is 9. The van der Waals surface area contributed by atoms with E-state index >= 15 is 0 Å². The fourth-order valence-electron chi connectivity index (χ4n) is 6.96. The second kappa shape index (κ2) is 10.5. The van der Waals surface area contributed by atoms with Crippen LogP contribution in [0.25, 0.3) is 0 Å². The molecule has 5 rings (SSSR count). The molecule has 0 saturated carbocycles. The number of aryl methyl sites for hydroxylation is 2. The first-order chi connectivity index (χ1) is 19.1. The van der Waals surface area contributed by atoms with Crippen LogP contribution in [-0.4, -0.2) is 64.2 Å². The summed E-state index contributed by atoms with van der Waals surface area (Å²) in [5, 5.41) is 16.2. The second-order valence-corrected chi connectivity index (χ2v) is 11.5. The first-order valence-corrected chi connectivity index (χ1v) is 14.1. The summed E-state index contributed by atoms with van der Waals surface area (Å²) in [7, 11) is 0. The van der Waals surface area contributed by atoms with Crippen molar-refractivity contribution in [3.05, 3.63) is 53.6 Å². The molecule has 3 saturated heterocycles. The van der Waals surface area contributed by atoms with E-state index in [9.17, 15) is 19.5 Å². The molecule has 3 aliphatic rings. The molecule has 0 radical (unpaired) electrons. The predicted molar refractivity (Wildman–Crippen MR) is 151 cm³/mol. The summed E-state index contributed by atoms with van der Waals surface area (Å²) in [6.07, 6.45) is 1.46. The monoisotopic (exact) mass is 549 g/mol. The molecule has 9 nitrogen and oxygen atoms in total. The van der Waals surface area contributed by atoms with Crippen molar-refractivity contribution in [2.45, 2.75) is 77.2 Å². The number of ether oxygens (including phenoxy) is 2. The van der Waals surface area contributed by atoms with Crippen LogP contribution in [0.3, 0.4) is 0 Å². The van der Waals surface area contributed by atoms with E-state index in [4.69, 9.17) is 9.47 Å². The van der Waals surface area contributed by atoms with Crippen molar-refractivity contribution in [2.24, 2.45) is 11.8 Å². The molecule has 2 aromatic carbocycles. The largest absolute Gasteiger partial charge is 0.494 e. The highest BCUT2D eigenvalue weighted by Gasteiger charge is 2.78. The van der Waals surface area contributed by atoms with Crippen molar-refractivity contribution in [3.8, 4) is 5.75 Å². The van der Waals surface area contributed by atoms with Crippen LogP contribution >= 0.6 is 0 Å². The highest BCUT2D eigenvalue weighted by Crippen LogP contribution is 2.63. The molecule has 0 aromatic heterocycles. The normalized spacial score (nSPS) is 29.3. The molecule has 2 unspecified atom stereocenters. The molecule has 9 heteroatoms. The number of benzene rings is 2. The number of aliphatic hydroxyl groups excluding tert-OH is 1. The van der Waals surface area contributed by atoms with Gasteiger partial charge in [0.05, 0.1) is 36.7 Å². The van der Waals surface area contributed by atoms with Gasteiger partial charge >= 0.3 is 0 Å². The zero-order valence-corrected chi connectivity index (χ0v) is 23.8. The number of hydrogen-bond donors (Lipinski definition) is 3. The number of carbonyl (C=O) groups is 3. The minimum absolute atomic E-state index is 0.293. The Labute approximate surface area is 235 Å². The SMILES string of the molecule is CCOc1ccc(NC(=O)[C@H]2[C@H]3C(=O)N([C@@H](CC)CO)C(C(=O)Nc4cc(C)ccc4C)C34CC[C@]2(C)O4)cc1. The number of hydrogen-bond acceptors (Lipinski definition) is 6. The van der Waals surface area contributed by atoms with E-state index in [2.05, 4.69) is 10.6 Å². The molecule has 214 valence electrons. The van der Waals surface area contributed by atoms with Crippen molar-refractivity contribution in [1.82, 2.24) is 4.90 Å². The van der Waals surface area contributed by atoms with Gasteiger partial charge < -0.3 is 30.1 Å². The molecular weight excluding hydrogens is 510 g/mol. The second-order valence-electron chi connectivity index (χ2n) is 11.5. The Morgan fingerprint density at radius 3 is 2.48 bits per heavy atom. The van der Waals surface area contributed by atoms with Gasteiger partial charge in [0.25, 0.3) is 0 Å². The van der Waals surface area contributed by atoms with E-state index in [1.165, 1.54) is 4.90 Å². The topological polar surface area (TPSA) is 117 Å². The molecule has 3 aliphatic heterocycles. The summed E-state index contributed by atoms with van der Waals surface area (Å²) in [6, 6.07) is 11.3. The first-order valence-electron chi connectivity index (χ1n) is 14.1. The minimum atomic E-state index is -1.17. The van der Waals surface area contributed by atoms with Crippen molar-refractivity contribution >= 4 is 29.1 Å². The lowest BCUT2D eigenvalue weighted by Gasteiger charge is -2.36. The van der Waals surface area contributed by atoms with E-state index in [0.717, 1.165) is 11.1 Å². The fourth-order valence-corrected chi connectivity index (χ4v) is 6.96. The molecule has 2 bridgehead atoms. The van der Waals surface area contributed by atoms with Crippen LogP contribution in [0.5, 0.6) is 5.75 Å². The van der Waals surface area contributed by atoms with Crippen LogP contribution in [0.4, 0.5) is 11.4 Å². The van der Waals surface area contributed by atoms with Gasteiger partial charge in [-0.1, -0.05) is 19.1 Å². The maximum Gasteiger partial charge on any atom is 0.250 e. The summed E-state index contributed by atoms with van der Waals surface area (Å²) in [5.41, 5.74) is 1.07. The molecule has 2 aromatic rings. The summed E-state index contributed by atoms with van der Waals surface area (Å²) in [4.78, 5) is 43.6. The molecule has 0 aliphatic carbocycles. The van der Waals surface area contributed by atoms with Crippen LogP contribution in [0.15, 0.2) is 42.5 Å². The maximum absolute atomic E-state index is 14.2. The third-order valence-electron chi connectivity index (χ3n) is 8.90. The Kier molecular flexibility index (Phi) is 7.39. The number of aliphatic hydroxyl groups is 1. The number of anilines is 2. The van der Waals surface area contributed by atoms with Gasteiger partial charge in [0, 0.05) is 11.4 Å². The lowest BCUT2D eigenvalue weighted by Crippen LogP contribution is -2.56. The average molecular weight is 550 g/mol. The van der Waals surface area contributed by atoms with Gasteiger partial charge in [-0.05, 0) is 88.4 Å². The summed E-state index contributed by atoms with van der Waals surface area (Å²) in [6.45, 7) is 9.74. The van der Waals surface area contributed by atoms with E-state index in [-0.39, 0.29) is 24.3 Å². The third kappa shape index (κ3) is 4.45. The number of fused-ring (bicyclic) bond motifs is 1. The summed E-state index contributed by atoms with van der Waals surface area (Å²) >= 11 is 0.